The highest BCUT2D eigenvalue weighted by molar-refractivity contribution is 5.79. The number of halogens is 3. The number of hydrogen-bond donors (Lipinski definition) is 2. The molecule has 23 heavy (non-hydrogen) atoms. The predicted octanol–water partition coefficient (Wildman–Crippen LogP) is 3.18. The second kappa shape index (κ2) is 9.07. The minimum absolute atomic E-state index is 0.200. The minimum Gasteiger partial charge on any atom is -0.484 e. The van der Waals surface area contributed by atoms with Gasteiger partial charge in [-0.3, -0.25) is 0 Å². The molecule has 0 unspecified atom stereocenters. The molecule has 0 aromatic heterocycles. The Kier molecular flexibility index (Phi) is 7.44. The Morgan fingerprint density at radius 2 is 2.09 bits per heavy atom. The van der Waals surface area contributed by atoms with Crippen molar-refractivity contribution in [2.75, 3.05) is 19.7 Å². The molecule has 0 saturated carbocycles. The minimum atomic E-state index is -4.37. The molecule has 0 atom stereocenters. The fraction of sp³-hybridized carbons (Fsp3) is 0.438. The summed E-state index contributed by atoms with van der Waals surface area (Å²) < 4.78 is 41.9. The van der Waals surface area contributed by atoms with Crippen molar-refractivity contribution < 1.29 is 17.9 Å². The maximum atomic E-state index is 12.3. The van der Waals surface area contributed by atoms with Crippen molar-refractivity contribution in [3.63, 3.8) is 0 Å². The summed E-state index contributed by atoms with van der Waals surface area (Å²) in [7, 11) is 0. The first-order valence-electron chi connectivity index (χ1n) is 7.28. The molecule has 0 amide bonds. The van der Waals surface area contributed by atoms with Crippen LogP contribution in [-0.4, -0.2) is 31.8 Å². The van der Waals surface area contributed by atoms with Crippen LogP contribution in [0.15, 0.2) is 35.8 Å². The molecule has 2 N–H and O–H groups in total. The molecule has 4 nitrogen and oxygen atoms in total. The van der Waals surface area contributed by atoms with Crippen molar-refractivity contribution >= 4 is 5.96 Å². The van der Waals surface area contributed by atoms with E-state index < -0.39 is 12.8 Å². The number of ether oxygens (including phenoxy) is 1. The molecule has 0 heterocycles. The fourth-order valence-corrected chi connectivity index (χ4v) is 1.76. The molecule has 0 radical (unpaired) electrons. The van der Waals surface area contributed by atoms with Crippen LogP contribution in [0.3, 0.4) is 0 Å². The number of guanidine groups is 1. The maximum absolute atomic E-state index is 12.3. The van der Waals surface area contributed by atoms with Gasteiger partial charge in [0.1, 0.15) is 5.75 Å². The third-order valence-corrected chi connectivity index (χ3v) is 2.78. The lowest BCUT2D eigenvalue weighted by Crippen LogP contribution is -2.37. The van der Waals surface area contributed by atoms with Crippen LogP contribution in [0.1, 0.15) is 18.1 Å². The van der Waals surface area contributed by atoms with Crippen molar-refractivity contribution in [1.82, 2.24) is 10.6 Å². The molecule has 0 fully saturated rings. The number of hydrogen-bond acceptors (Lipinski definition) is 2. The van der Waals surface area contributed by atoms with Crippen molar-refractivity contribution in [1.29, 1.82) is 0 Å². The molecular formula is C16H22F3N3O. The summed E-state index contributed by atoms with van der Waals surface area (Å²) in [6, 6.07) is 5.12. The number of alkyl halides is 3. The average Bonchev–Trinajstić information content (AvgIpc) is 2.48. The number of benzene rings is 1. The van der Waals surface area contributed by atoms with Gasteiger partial charge in [0.05, 0.1) is 6.54 Å². The second-order valence-electron chi connectivity index (χ2n) is 4.88. The fourth-order valence-electron chi connectivity index (χ4n) is 1.76. The van der Waals surface area contributed by atoms with Crippen molar-refractivity contribution in [3.05, 3.63) is 42.0 Å². The number of aryl methyl sites for hydroxylation is 1. The predicted molar refractivity (Wildman–Crippen MR) is 85.7 cm³/mol. The molecule has 1 aromatic carbocycles. The average molecular weight is 329 g/mol. The molecule has 128 valence electrons. The van der Waals surface area contributed by atoms with Gasteiger partial charge in [0.25, 0.3) is 0 Å². The Bertz CT molecular complexity index is 542. The van der Waals surface area contributed by atoms with E-state index in [1.165, 1.54) is 0 Å². The maximum Gasteiger partial charge on any atom is 0.422 e. The largest absolute Gasteiger partial charge is 0.484 e. The lowest BCUT2D eigenvalue weighted by atomic mass is 10.1. The van der Waals surface area contributed by atoms with E-state index in [4.69, 9.17) is 4.74 Å². The number of aliphatic imine (C=N–C) groups is 1. The number of rotatable bonds is 7. The zero-order chi connectivity index (χ0) is 17.3. The summed E-state index contributed by atoms with van der Waals surface area (Å²) in [5.74, 6) is 0.764. The second-order valence-corrected chi connectivity index (χ2v) is 4.88. The Balaban J connectivity index is 2.86. The van der Waals surface area contributed by atoms with Gasteiger partial charge in [-0.05, 0) is 25.5 Å². The van der Waals surface area contributed by atoms with Gasteiger partial charge in [-0.2, -0.15) is 13.2 Å². The molecule has 1 rings (SSSR count). The van der Waals surface area contributed by atoms with Crippen LogP contribution < -0.4 is 15.4 Å². The summed E-state index contributed by atoms with van der Waals surface area (Å²) in [6.45, 7) is 7.44. The summed E-state index contributed by atoms with van der Waals surface area (Å²) in [5, 5.41) is 6.07. The van der Waals surface area contributed by atoms with Crippen LogP contribution in [0.2, 0.25) is 0 Å². The normalized spacial score (nSPS) is 12.0. The number of nitrogens with one attached hydrogen (secondary N) is 2. The van der Waals surface area contributed by atoms with Gasteiger partial charge in [0.15, 0.2) is 12.6 Å². The molecule has 0 spiro atoms. The van der Waals surface area contributed by atoms with E-state index in [0.29, 0.717) is 24.6 Å². The quantitative estimate of drug-likeness (QED) is 0.459. The Hall–Kier alpha value is -2.18. The highest BCUT2D eigenvalue weighted by Gasteiger charge is 2.28. The summed E-state index contributed by atoms with van der Waals surface area (Å²) in [5.41, 5.74) is 1.42. The van der Waals surface area contributed by atoms with E-state index in [9.17, 15) is 13.2 Å². The summed E-state index contributed by atoms with van der Waals surface area (Å²) in [4.78, 5) is 4.34. The zero-order valence-electron chi connectivity index (χ0n) is 13.3. The van der Waals surface area contributed by atoms with Gasteiger partial charge < -0.3 is 15.4 Å². The van der Waals surface area contributed by atoms with Crippen LogP contribution in [0.4, 0.5) is 13.2 Å². The van der Waals surface area contributed by atoms with Crippen LogP contribution in [0.5, 0.6) is 5.75 Å². The summed E-state index contributed by atoms with van der Waals surface area (Å²) >= 11 is 0. The molecule has 0 aliphatic heterocycles. The van der Waals surface area contributed by atoms with Crippen LogP contribution in [-0.2, 0) is 6.54 Å². The first-order valence-corrected chi connectivity index (χ1v) is 7.28. The van der Waals surface area contributed by atoms with Crippen LogP contribution in [0, 0.1) is 6.92 Å². The molecule has 0 saturated heterocycles. The third-order valence-electron chi connectivity index (χ3n) is 2.78. The molecule has 0 aliphatic carbocycles. The van der Waals surface area contributed by atoms with Crippen molar-refractivity contribution in [2.45, 2.75) is 26.6 Å². The van der Waals surface area contributed by atoms with Gasteiger partial charge in [0.2, 0.25) is 0 Å². The van der Waals surface area contributed by atoms with Crippen molar-refractivity contribution in [2.24, 2.45) is 4.99 Å². The van der Waals surface area contributed by atoms with E-state index in [-0.39, 0.29) is 12.3 Å². The lowest BCUT2D eigenvalue weighted by Gasteiger charge is -2.14. The summed E-state index contributed by atoms with van der Waals surface area (Å²) in [6.07, 6.45) is -2.68. The Morgan fingerprint density at radius 1 is 1.35 bits per heavy atom. The van der Waals surface area contributed by atoms with E-state index in [0.717, 1.165) is 5.56 Å². The molecule has 7 heteroatoms. The number of nitrogens with zero attached hydrogens (tertiary/aromatic N) is 1. The SMILES string of the molecule is C=CCNC(=NCc1ccc(C)cc1OCC(F)(F)F)NCC. The van der Waals surface area contributed by atoms with E-state index in [1.807, 2.05) is 13.0 Å². The molecular weight excluding hydrogens is 307 g/mol. The standard InChI is InChI=1S/C16H22F3N3O/c1-4-8-21-15(20-5-2)22-10-13-7-6-12(3)9-14(13)23-11-16(17,18)19/h4,6-7,9H,1,5,8,10-11H2,2-3H3,(H2,20,21,22). The van der Waals surface area contributed by atoms with Gasteiger partial charge in [-0.25, -0.2) is 4.99 Å². The van der Waals surface area contributed by atoms with Gasteiger partial charge in [0, 0.05) is 18.7 Å². The van der Waals surface area contributed by atoms with Gasteiger partial charge >= 0.3 is 6.18 Å². The van der Waals surface area contributed by atoms with E-state index in [1.54, 1.807) is 25.1 Å². The van der Waals surface area contributed by atoms with E-state index in [2.05, 4.69) is 22.2 Å². The topological polar surface area (TPSA) is 45.7 Å². The first-order chi connectivity index (χ1) is 10.9. The van der Waals surface area contributed by atoms with E-state index >= 15 is 0 Å². The highest BCUT2D eigenvalue weighted by atomic mass is 19.4. The zero-order valence-corrected chi connectivity index (χ0v) is 13.3. The van der Waals surface area contributed by atoms with Gasteiger partial charge in [-0.15, -0.1) is 6.58 Å². The molecule has 1 aromatic rings. The van der Waals surface area contributed by atoms with Crippen LogP contribution in [0.25, 0.3) is 0 Å². The van der Waals surface area contributed by atoms with Gasteiger partial charge in [-0.1, -0.05) is 18.2 Å². The third kappa shape index (κ3) is 7.58. The van der Waals surface area contributed by atoms with Crippen molar-refractivity contribution in [3.8, 4) is 5.75 Å². The smallest absolute Gasteiger partial charge is 0.422 e. The van der Waals surface area contributed by atoms with Crippen LogP contribution >= 0.6 is 0 Å². The molecule has 0 bridgehead atoms. The molecule has 0 aliphatic rings. The Morgan fingerprint density at radius 3 is 2.70 bits per heavy atom. The monoisotopic (exact) mass is 329 g/mol. The Labute approximate surface area is 134 Å². The highest BCUT2D eigenvalue weighted by Crippen LogP contribution is 2.24. The lowest BCUT2D eigenvalue weighted by molar-refractivity contribution is -0.153. The first kappa shape index (κ1) is 18.9.